The maximum Gasteiger partial charge on any atom is 0.261 e. The van der Waals surface area contributed by atoms with Crippen LogP contribution < -0.4 is 19.9 Å². The molecule has 3 rings (SSSR count). The molecule has 25 heavy (non-hydrogen) atoms. The molecule has 2 N–H and O–H groups in total. The van der Waals surface area contributed by atoms with Crippen LogP contribution >= 0.6 is 0 Å². The van der Waals surface area contributed by atoms with Gasteiger partial charge in [0.25, 0.3) is 5.88 Å². The van der Waals surface area contributed by atoms with E-state index in [1.165, 1.54) is 7.11 Å². The van der Waals surface area contributed by atoms with E-state index in [1.807, 2.05) is 30.3 Å². The molecule has 7 nitrogen and oxygen atoms in total. The SMILES string of the molecule is COc1ccccc1Oc1cnc(-c2ccnc(CN)c2)nc1OC. The van der Waals surface area contributed by atoms with Crippen LogP contribution in [-0.4, -0.2) is 29.2 Å². The number of aromatic nitrogens is 3. The van der Waals surface area contributed by atoms with E-state index in [1.54, 1.807) is 25.6 Å². The largest absolute Gasteiger partial charge is 0.493 e. The van der Waals surface area contributed by atoms with Gasteiger partial charge >= 0.3 is 0 Å². The molecule has 7 heteroatoms. The van der Waals surface area contributed by atoms with Crippen molar-refractivity contribution in [2.45, 2.75) is 6.54 Å². The second kappa shape index (κ2) is 7.59. The van der Waals surface area contributed by atoms with Crippen LogP contribution in [0.5, 0.6) is 23.1 Å². The Bertz CT molecular complexity index is 870. The second-order valence-electron chi connectivity index (χ2n) is 5.06. The van der Waals surface area contributed by atoms with Crippen LogP contribution in [0, 0.1) is 0 Å². The van der Waals surface area contributed by atoms with E-state index in [-0.39, 0.29) is 0 Å². The summed E-state index contributed by atoms with van der Waals surface area (Å²) in [6, 6.07) is 11.0. The maximum atomic E-state index is 5.85. The fourth-order valence-electron chi connectivity index (χ4n) is 2.26. The lowest BCUT2D eigenvalue weighted by molar-refractivity contribution is 0.346. The van der Waals surface area contributed by atoms with Gasteiger partial charge in [-0.05, 0) is 24.3 Å². The Hall–Kier alpha value is -3.19. The number of pyridine rings is 1. The quantitative estimate of drug-likeness (QED) is 0.738. The summed E-state index contributed by atoms with van der Waals surface area (Å²) in [5, 5.41) is 0. The third-order valence-corrected chi connectivity index (χ3v) is 3.49. The Labute approximate surface area is 145 Å². The van der Waals surface area contributed by atoms with E-state index < -0.39 is 0 Å². The molecule has 0 saturated carbocycles. The van der Waals surface area contributed by atoms with Crippen molar-refractivity contribution in [3.63, 3.8) is 0 Å². The van der Waals surface area contributed by atoms with Crippen LogP contribution in [0.2, 0.25) is 0 Å². The maximum absolute atomic E-state index is 5.85. The van der Waals surface area contributed by atoms with Gasteiger partial charge in [0, 0.05) is 18.3 Å². The normalized spacial score (nSPS) is 10.4. The van der Waals surface area contributed by atoms with E-state index in [4.69, 9.17) is 19.9 Å². The van der Waals surface area contributed by atoms with Crippen molar-refractivity contribution < 1.29 is 14.2 Å². The minimum absolute atomic E-state index is 0.321. The molecule has 0 bridgehead atoms. The highest BCUT2D eigenvalue weighted by Crippen LogP contribution is 2.35. The van der Waals surface area contributed by atoms with Gasteiger partial charge in [0.1, 0.15) is 0 Å². The number of methoxy groups -OCH3 is 2. The highest BCUT2D eigenvalue weighted by atomic mass is 16.5. The summed E-state index contributed by atoms with van der Waals surface area (Å²) in [5.74, 6) is 2.37. The summed E-state index contributed by atoms with van der Waals surface area (Å²) in [6.45, 7) is 0.347. The van der Waals surface area contributed by atoms with Gasteiger partial charge in [-0.15, -0.1) is 0 Å². The molecule has 0 fully saturated rings. The number of nitrogens with zero attached hydrogens (tertiary/aromatic N) is 3. The number of hydrogen-bond acceptors (Lipinski definition) is 7. The smallest absolute Gasteiger partial charge is 0.261 e. The zero-order chi connectivity index (χ0) is 17.6. The van der Waals surface area contributed by atoms with Crippen molar-refractivity contribution in [2.24, 2.45) is 5.73 Å². The van der Waals surface area contributed by atoms with Crippen LogP contribution in [-0.2, 0) is 6.54 Å². The van der Waals surface area contributed by atoms with Gasteiger partial charge in [-0.25, -0.2) is 4.98 Å². The lowest BCUT2D eigenvalue weighted by Crippen LogP contribution is -2.01. The van der Waals surface area contributed by atoms with Crippen LogP contribution in [0.15, 0.2) is 48.8 Å². The third kappa shape index (κ3) is 3.67. The Balaban J connectivity index is 1.94. The summed E-state index contributed by atoms with van der Waals surface area (Å²) in [7, 11) is 3.11. The Kier molecular flexibility index (Phi) is 5.06. The highest BCUT2D eigenvalue weighted by molar-refractivity contribution is 5.57. The van der Waals surface area contributed by atoms with Crippen molar-refractivity contribution in [2.75, 3.05) is 14.2 Å². The minimum atomic E-state index is 0.321. The zero-order valence-electron chi connectivity index (χ0n) is 14.0. The Morgan fingerprint density at radius 2 is 1.76 bits per heavy atom. The monoisotopic (exact) mass is 338 g/mol. The molecule has 2 aromatic heterocycles. The van der Waals surface area contributed by atoms with Crippen molar-refractivity contribution in [1.29, 1.82) is 0 Å². The van der Waals surface area contributed by atoms with E-state index in [2.05, 4.69) is 15.0 Å². The summed E-state index contributed by atoms with van der Waals surface area (Å²) in [4.78, 5) is 12.9. The first-order valence-corrected chi connectivity index (χ1v) is 7.62. The van der Waals surface area contributed by atoms with Crippen molar-refractivity contribution >= 4 is 0 Å². The zero-order valence-corrected chi connectivity index (χ0v) is 14.0. The molecule has 0 amide bonds. The van der Waals surface area contributed by atoms with Gasteiger partial charge in [0.2, 0.25) is 5.75 Å². The number of ether oxygens (including phenoxy) is 3. The molecule has 0 aliphatic rings. The lowest BCUT2D eigenvalue weighted by Gasteiger charge is -2.12. The standard InChI is InChI=1S/C18H18N4O3/c1-23-14-5-3-4-6-15(14)25-16-11-21-17(22-18(16)24-2)12-7-8-20-13(9-12)10-19/h3-9,11H,10,19H2,1-2H3. The first-order valence-electron chi connectivity index (χ1n) is 7.62. The van der Waals surface area contributed by atoms with E-state index >= 15 is 0 Å². The molecule has 1 aromatic carbocycles. The van der Waals surface area contributed by atoms with E-state index in [0.717, 1.165) is 11.3 Å². The Morgan fingerprint density at radius 1 is 0.960 bits per heavy atom. The molecule has 0 atom stereocenters. The average molecular weight is 338 g/mol. The molecule has 0 saturated heterocycles. The topological polar surface area (TPSA) is 92.4 Å². The second-order valence-corrected chi connectivity index (χ2v) is 5.06. The fourth-order valence-corrected chi connectivity index (χ4v) is 2.26. The first kappa shape index (κ1) is 16.7. The highest BCUT2D eigenvalue weighted by Gasteiger charge is 2.14. The first-order chi connectivity index (χ1) is 12.2. The summed E-state index contributed by atoms with van der Waals surface area (Å²) < 4.78 is 16.5. The van der Waals surface area contributed by atoms with Gasteiger partial charge < -0.3 is 19.9 Å². The van der Waals surface area contributed by atoms with Gasteiger partial charge in [0.15, 0.2) is 17.3 Å². The molecule has 3 aromatic rings. The van der Waals surface area contributed by atoms with Crippen LogP contribution in [0.3, 0.4) is 0 Å². The molecule has 0 aliphatic carbocycles. The summed E-state index contributed by atoms with van der Waals surface area (Å²) >= 11 is 0. The fraction of sp³-hybridized carbons (Fsp3) is 0.167. The van der Waals surface area contributed by atoms with Crippen molar-refractivity contribution in [1.82, 2.24) is 15.0 Å². The number of para-hydroxylation sites is 2. The summed E-state index contributed by atoms with van der Waals surface area (Å²) in [5.41, 5.74) is 7.19. The average Bonchev–Trinajstić information content (AvgIpc) is 2.68. The molecule has 0 aliphatic heterocycles. The van der Waals surface area contributed by atoms with Crippen molar-refractivity contribution in [3.8, 4) is 34.5 Å². The van der Waals surface area contributed by atoms with E-state index in [0.29, 0.717) is 35.5 Å². The minimum Gasteiger partial charge on any atom is -0.493 e. The number of hydrogen-bond donors (Lipinski definition) is 1. The molecule has 0 spiro atoms. The van der Waals surface area contributed by atoms with Gasteiger partial charge in [-0.1, -0.05) is 12.1 Å². The van der Waals surface area contributed by atoms with Crippen LogP contribution in [0.1, 0.15) is 5.69 Å². The Morgan fingerprint density at radius 3 is 2.48 bits per heavy atom. The molecule has 128 valence electrons. The summed E-state index contributed by atoms with van der Waals surface area (Å²) in [6.07, 6.45) is 3.24. The molecule has 2 heterocycles. The van der Waals surface area contributed by atoms with Gasteiger partial charge in [-0.3, -0.25) is 4.98 Å². The van der Waals surface area contributed by atoms with Gasteiger partial charge in [-0.2, -0.15) is 4.98 Å². The van der Waals surface area contributed by atoms with Crippen LogP contribution in [0.25, 0.3) is 11.4 Å². The predicted octanol–water partition coefficient (Wildman–Crippen LogP) is 2.81. The number of rotatable bonds is 6. The molecular weight excluding hydrogens is 320 g/mol. The number of benzene rings is 1. The lowest BCUT2D eigenvalue weighted by atomic mass is 10.2. The van der Waals surface area contributed by atoms with Gasteiger partial charge in [0.05, 0.1) is 26.1 Å². The third-order valence-electron chi connectivity index (χ3n) is 3.49. The molecule has 0 unspecified atom stereocenters. The molecule has 0 radical (unpaired) electrons. The predicted molar refractivity (Wildman–Crippen MR) is 92.8 cm³/mol. The number of nitrogens with two attached hydrogens (primary N) is 1. The molecular formula is C18H18N4O3. The van der Waals surface area contributed by atoms with Crippen LogP contribution in [0.4, 0.5) is 0 Å². The van der Waals surface area contributed by atoms with E-state index in [9.17, 15) is 0 Å². The van der Waals surface area contributed by atoms with Crippen molar-refractivity contribution in [3.05, 3.63) is 54.5 Å².